The number of nitrogens with two attached hydrogens (primary N) is 1. The SMILES string of the molecule is CC(C)(C#CC(N)=O)N1CCC(F)(F)C1. The zero-order chi connectivity index (χ0) is 11.7. The minimum Gasteiger partial charge on any atom is -0.359 e. The standard InChI is InChI=1S/C10H14F2N2O/c1-9(2,4-3-8(13)15)14-6-5-10(11,12)7-14/h5-7H2,1-2H3,(H2,13,15). The summed E-state index contributed by atoms with van der Waals surface area (Å²) in [6, 6.07) is 0. The van der Waals surface area contributed by atoms with Gasteiger partial charge in [0, 0.05) is 13.0 Å². The van der Waals surface area contributed by atoms with E-state index in [9.17, 15) is 13.6 Å². The molecule has 3 nitrogen and oxygen atoms in total. The van der Waals surface area contributed by atoms with E-state index in [1.54, 1.807) is 18.7 Å². The Labute approximate surface area is 87.6 Å². The van der Waals surface area contributed by atoms with Gasteiger partial charge >= 0.3 is 0 Å². The van der Waals surface area contributed by atoms with Crippen LogP contribution in [0.5, 0.6) is 0 Å². The van der Waals surface area contributed by atoms with E-state index in [2.05, 4.69) is 11.8 Å². The van der Waals surface area contributed by atoms with Crippen molar-refractivity contribution in [2.75, 3.05) is 13.1 Å². The molecule has 0 radical (unpaired) electrons. The van der Waals surface area contributed by atoms with Gasteiger partial charge < -0.3 is 5.73 Å². The smallest absolute Gasteiger partial charge is 0.293 e. The number of hydrogen-bond donors (Lipinski definition) is 1. The van der Waals surface area contributed by atoms with Crippen molar-refractivity contribution in [1.29, 1.82) is 0 Å². The Balaban J connectivity index is 2.73. The number of halogens is 2. The van der Waals surface area contributed by atoms with Crippen LogP contribution in [0.3, 0.4) is 0 Å². The Morgan fingerprint density at radius 2 is 2.13 bits per heavy atom. The van der Waals surface area contributed by atoms with Crippen LogP contribution < -0.4 is 5.73 Å². The lowest BCUT2D eigenvalue weighted by atomic mass is 10.0. The molecule has 5 heteroatoms. The fraction of sp³-hybridized carbons (Fsp3) is 0.700. The highest BCUT2D eigenvalue weighted by Gasteiger charge is 2.43. The predicted molar refractivity (Wildman–Crippen MR) is 52.2 cm³/mol. The second-order valence-corrected chi connectivity index (χ2v) is 4.20. The van der Waals surface area contributed by atoms with Crippen LogP contribution in [0.2, 0.25) is 0 Å². The van der Waals surface area contributed by atoms with E-state index in [4.69, 9.17) is 5.73 Å². The summed E-state index contributed by atoms with van der Waals surface area (Å²) in [6.07, 6.45) is -0.158. The van der Waals surface area contributed by atoms with Crippen molar-refractivity contribution in [2.24, 2.45) is 5.73 Å². The number of nitrogens with zero attached hydrogens (tertiary/aromatic N) is 1. The molecule has 1 fully saturated rings. The highest BCUT2D eigenvalue weighted by atomic mass is 19.3. The topological polar surface area (TPSA) is 46.3 Å². The lowest BCUT2D eigenvalue weighted by Crippen LogP contribution is -2.42. The molecule has 84 valence electrons. The summed E-state index contributed by atoms with van der Waals surface area (Å²) in [4.78, 5) is 12.0. The number of hydrogen-bond acceptors (Lipinski definition) is 2. The number of carbonyl (C=O) groups excluding carboxylic acids is 1. The third-order valence-electron chi connectivity index (χ3n) is 2.45. The van der Waals surface area contributed by atoms with Gasteiger partial charge in [0.15, 0.2) is 0 Å². The summed E-state index contributed by atoms with van der Waals surface area (Å²) in [6.45, 7) is 3.37. The summed E-state index contributed by atoms with van der Waals surface area (Å²) in [7, 11) is 0. The molecular weight excluding hydrogens is 202 g/mol. The first kappa shape index (κ1) is 11.9. The van der Waals surface area contributed by atoms with Crippen molar-refractivity contribution < 1.29 is 13.6 Å². The van der Waals surface area contributed by atoms with Crippen LogP contribution >= 0.6 is 0 Å². The Kier molecular flexibility index (Phi) is 3.00. The van der Waals surface area contributed by atoms with E-state index in [1.807, 2.05) is 0 Å². The minimum atomic E-state index is -2.65. The molecule has 0 aromatic rings. The lowest BCUT2D eigenvalue weighted by Gasteiger charge is -2.30. The van der Waals surface area contributed by atoms with Crippen LogP contribution in [0.25, 0.3) is 0 Å². The Bertz CT molecular complexity index is 328. The Morgan fingerprint density at radius 3 is 2.53 bits per heavy atom. The van der Waals surface area contributed by atoms with Gasteiger partial charge in [-0.05, 0) is 19.8 Å². The summed E-state index contributed by atoms with van der Waals surface area (Å²) in [5.74, 6) is 1.41. The van der Waals surface area contributed by atoms with Crippen molar-refractivity contribution in [3.63, 3.8) is 0 Å². The summed E-state index contributed by atoms with van der Waals surface area (Å²) >= 11 is 0. The molecule has 0 aliphatic carbocycles. The molecule has 0 bridgehead atoms. The molecule has 1 aliphatic rings. The molecular formula is C10H14F2N2O. The number of primary amides is 1. The highest BCUT2D eigenvalue weighted by Crippen LogP contribution is 2.31. The maximum Gasteiger partial charge on any atom is 0.293 e. The fourth-order valence-corrected chi connectivity index (χ4v) is 1.51. The van der Waals surface area contributed by atoms with Gasteiger partial charge in [-0.25, -0.2) is 8.78 Å². The van der Waals surface area contributed by atoms with Crippen LogP contribution in [0.15, 0.2) is 0 Å². The van der Waals surface area contributed by atoms with Crippen LogP contribution in [0.4, 0.5) is 8.78 Å². The summed E-state index contributed by atoms with van der Waals surface area (Å²) in [5, 5.41) is 0. The van der Waals surface area contributed by atoms with Gasteiger partial charge in [-0.15, -0.1) is 0 Å². The summed E-state index contributed by atoms with van der Waals surface area (Å²) in [5.41, 5.74) is 4.13. The molecule has 1 aliphatic heterocycles. The van der Waals surface area contributed by atoms with Gasteiger partial charge in [-0.2, -0.15) is 0 Å². The van der Waals surface area contributed by atoms with Gasteiger partial charge in [-0.1, -0.05) is 5.92 Å². The molecule has 2 N–H and O–H groups in total. The van der Waals surface area contributed by atoms with Crippen LogP contribution in [0, 0.1) is 11.8 Å². The van der Waals surface area contributed by atoms with Crippen molar-refractivity contribution in [3.05, 3.63) is 0 Å². The average molecular weight is 216 g/mol. The van der Waals surface area contributed by atoms with E-state index < -0.39 is 17.4 Å². The van der Waals surface area contributed by atoms with E-state index in [0.29, 0.717) is 0 Å². The second kappa shape index (κ2) is 3.78. The molecule has 1 heterocycles. The van der Waals surface area contributed by atoms with Gasteiger partial charge in [0.25, 0.3) is 11.8 Å². The van der Waals surface area contributed by atoms with E-state index >= 15 is 0 Å². The molecule has 0 unspecified atom stereocenters. The third kappa shape index (κ3) is 3.17. The molecule has 0 atom stereocenters. The maximum absolute atomic E-state index is 12.9. The fourth-order valence-electron chi connectivity index (χ4n) is 1.51. The van der Waals surface area contributed by atoms with Crippen molar-refractivity contribution >= 4 is 5.91 Å². The second-order valence-electron chi connectivity index (χ2n) is 4.20. The largest absolute Gasteiger partial charge is 0.359 e. The van der Waals surface area contributed by atoms with E-state index in [-0.39, 0.29) is 19.5 Å². The highest BCUT2D eigenvalue weighted by molar-refractivity contribution is 5.92. The first-order chi connectivity index (χ1) is 6.73. The van der Waals surface area contributed by atoms with Gasteiger partial charge in [0.1, 0.15) is 0 Å². The van der Waals surface area contributed by atoms with Crippen molar-refractivity contribution in [1.82, 2.24) is 4.90 Å². The molecule has 1 saturated heterocycles. The molecule has 1 rings (SSSR count). The maximum atomic E-state index is 12.9. The average Bonchev–Trinajstić information content (AvgIpc) is 2.43. The monoisotopic (exact) mass is 216 g/mol. The van der Waals surface area contributed by atoms with E-state index in [1.165, 1.54) is 0 Å². The quantitative estimate of drug-likeness (QED) is 0.652. The van der Waals surface area contributed by atoms with Crippen LogP contribution in [-0.4, -0.2) is 35.4 Å². The van der Waals surface area contributed by atoms with Crippen molar-refractivity contribution in [3.8, 4) is 11.8 Å². The predicted octanol–water partition coefficient (Wildman–Crippen LogP) is 0.595. The zero-order valence-electron chi connectivity index (χ0n) is 8.81. The zero-order valence-corrected chi connectivity index (χ0v) is 8.81. The van der Waals surface area contributed by atoms with Crippen LogP contribution in [-0.2, 0) is 4.79 Å². The molecule has 0 aromatic heterocycles. The number of carbonyl (C=O) groups is 1. The Morgan fingerprint density at radius 1 is 1.53 bits per heavy atom. The third-order valence-corrected chi connectivity index (χ3v) is 2.45. The van der Waals surface area contributed by atoms with Crippen molar-refractivity contribution in [2.45, 2.75) is 31.7 Å². The molecule has 15 heavy (non-hydrogen) atoms. The number of likely N-dealkylation sites (tertiary alicyclic amines) is 1. The molecule has 1 amide bonds. The van der Waals surface area contributed by atoms with Gasteiger partial charge in [0.05, 0.1) is 12.1 Å². The first-order valence-corrected chi connectivity index (χ1v) is 4.68. The first-order valence-electron chi connectivity index (χ1n) is 4.68. The molecule has 0 aromatic carbocycles. The lowest BCUT2D eigenvalue weighted by molar-refractivity contribution is -0.112. The summed E-state index contributed by atoms with van der Waals surface area (Å²) < 4.78 is 25.9. The van der Waals surface area contributed by atoms with E-state index in [0.717, 1.165) is 0 Å². The van der Waals surface area contributed by atoms with Gasteiger partial charge in [-0.3, -0.25) is 9.69 Å². The Hall–Kier alpha value is -1.15. The number of rotatable bonds is 1. The number of amides is 1. The van der Waals surface area contributed by atoms with Gasteiger partial charge in [0.2, 0.25) is 0 Å². The molecule has 0 spiro atoms. The minimum absolute atomic E-state index is 0.158. The number of alkyl halides is 2. The van der Waals surface area contributed by atoms with Crippen LogP contribution in [0.1, 0.15) is 20.3 Å². The normalized spacial score (nSPS) is 20.8. The molecule has 0 saturated carbocycles.